The van der Waals surface area contributed by atoms with E-state index in [1.807, 2.05) is 32.0 Å². The molecule has 0 fully saturated rings. The van der Waals surface area contributed by atoms with E-state index >= 15 is 0 Å². The van der Waals surface area contributed by atoms with Gasteiger partial charge >= 0.3 is 0 Å². The number of phenolic OH excluding ortho intramolecular Hbond substituents is 1. The number of aldehydes is 1. The Morgan fingerprint density at radius 3 is 2.57 bits per heavy atom. The van der Waals surface area contributed by atoms with Crippen molar-refractivity contribution in [1.29, 1.82) is 0 Å². The highest BCUT2D eigenvalue weighted by molar-refractivity contribution is 5.79. The molecule has 0 heterocycles. The third-order valence-electron chi connectivity index (χ3n) is 2.44. The molecule has 0 aromatic heterocycles. The number of phenols is 1. The average molecular weight is 193 g/mol. The van der Waals surface area contributed by atoms with Gasteiger partial charge in [-0.05, 0) is 38.7 Å². The van der Waals surface area contributed by atoms with Gasteiger partial charge in [-0.3, -0.25) is 4.79 Å². The maximum absolute atomic E-state index is 10.6. The number of hydrogen-bond acceptors (Lipinski definition) is 3. The fraction of sp³-hybridized carbons (Fsp3) is 0.364. The van der Waals surface area contributed by atoms with Gasteiger partial charge in [-0.25, -0.2) is 0 Å². The lowest BCUT2D eigenvalue weighted by Crippen LogP contribution is -2.16. The van der Waals surface area contributed by atoms with Crippen LogP contribution in [0.3, 0.4) is 0 Å². The highest BCUT2D eigenvalue weighted by atomic mass is 16.3. The van der Waals surface area contributed by atoms with E-state index in [2.05, 4.69) is 0 Å². The van der Waals surface area contributed by atoms with Gasteiger partial charge in [0, 0.05) is 6.04 Å². The summed E-state index contributed by atoms with van der Waals surface area (Å²) in [6.45, 7) is 2.04. The van der Waals surface area contributed by atoms with E-state index in [-0.39, 0.29) is 11.8 Å². The SMILES string of the molecule is CC(c1ccc(O)c(C=O)c1)N(C)C. The Morgan fingerprint density at radius 2 is 2.07 bits per heavy atom. The minimum atomic E-state index is 0.0368. The maximum Gasteiger partial charge on any atom is 0.153 e. The molecule has 76 valence electrons. The Kier molecular flexibility index (Phi) is 3.25. The summed E-state index contributed by atoms with van der Waals surface area (Å²) in [6.07, 6.45) is 0.668. The van der Waals surface area contributed by atoms with E-state index in [9.17, 15) is 9.90 Å². The minimum Gasteiger partial charge on any atom is -0.507 e. The first kappa shape index (κ1) is 10.7. The molecule has 0 aliphatic rings. The van der Waals surface area contributed by atoms with Gasteiger partial charge in [0.1, 0.15) is 5.75 Å². The first-order valence-corrected chi connectivity index (χ1v) is 4.50. The van der Waals surface area contributed by atoms with Crippen LogP contribution in [0.2, 0.25) is 0 Å². The molecule has 1 unspecified atom stereocenters. The number of hydrogen-bond donors (Lipinski definition) is 1. The molecule has 0 radical (unpaired) electrons. The fourth-order valence-corrected chi connectivity index (χ4v) is 1.23. The number of benzene rings is 1. The van der Waals surface area contributed by atoms with Gasteiger partial charge in [-0.2, -0.15) is 0 Å². The standard InChI is InChI=1S/C11H15NO2/c1-8(12(2)3)9-4-5-11(14)10(6-9)7-13/h4-8,14H,1-3H3. The highest BCUT2D eigenvalue weighted by Crippen LogP contribution is 2.23. The second-order valence-corrected chi connectivity index (χ2v) is 3.58. The number of carbonyl (C=O) groups is 1. The zero-order valence-electron chi connectivity index (χ0n) is 8.69. The molecule has 1 N–H and O–H groups in total. The van der Waals surface area contributed by atoms with Crippen molar-refractivity contribution < 1.29 is 9.90 Å². The van der Waals surface area contributed by atoms with Crippen molar-refractivity contribution in [3.63, 3.8) is 0 Å². The summed E-state index contributed by atoms with van der Waals surface area (Å²) in [5.41, 5.74) is 1.37. The molecule has 0 saturated carbocycles. The highest BCUT2D eigenvalue weighted by Gasteiger charge is 2.09. The Hall–Kier alpha value is -1.35. The van der Waals surface area contributed by atoms with E-state index in [4.69, 9.17) is 0 Å². The summed E-state index contributed by atoms with van der Waals surface area (Å²) in [6, 6.07) is 5.33. The van der Waals surface area contributed by atoms with Gasteiger partial charge < -0.3 is 10.0 Å². The topological polar surface area (TPSA) is 40.5 Å². The molecule has 1 aromatic rings. The molecular formula is C11H15NO2. The van der Waals surface area contributed by atoms with Crippen LogP contribution in [0.15, 0.2) is 18.2 Å². The van der Waals surface area contributed by atoms with Crippen LogP contribution in [-0.2, 0) is 0 Å². The smallest absolute Gasteiger partial charge is 0.153 e. The second-order valence-electron chi connectivity index (χ2n) is 3.58. The predicted octanol–water partition coefficient (Wildman–Crippen LogP) is 1.83. The molecule has 0 aliphatic carbocycles. The Morgan fingerprint density at radius 1 is 1.43 bits per heavy atom. The lowest BCUT2D eigenvalue weighted by Gasteiger charge is -2.20. The van der Waals surface area contributed by atoms with Crippen LogP contribution in [0.25, 0.3) is 0 Å². The van der Waals surface area contributed by atoms with Crippen LogP contribution in [-0.4, -0.2) is 30.4 Å². The van der Waals surface area contributed by atoms with Crippen LogP contribution in [0, 0.1) is 0 Å². The molecule has 14 heavy (non-hydrogen) atoms. The van der Waals surface area contributed by atoms with Gasteiger partial charge in [-0.1, -0.05) is 6.07 Å². The van der Waals surface area contributed by atoms with Crippen molar-refractivity contribution in [1.82, 2.24) is 4.90 Å². The van der Waals surface area contributed by atoms with Crippen molar-refractivity contribution in [2.24, 2.45) is 0 Å². The third-order valence-corrected chi connectivity index (χ3v) is 2.44. The lowest BCUT2D eigenvalue weighted by molar-refractivity contribution is 0.112. The van der Waals surface area contributed by atoms with Crippen molar-refractivity contribution in [3.05, 3.63) is 29.3 Å². The number of rotatable bonds is 3. The molecule has 0 amide bonds. The summed E-state index contributed by atoms with van der Waals surface area (Å²) in [7, 11) is 3.94. The molecule has 1 aromatic carbocycles. The molecular weight excluding hydrogens is 178 g/mol. The molecule has 3 nitrogen and oxygen atoms in total. The van der Waals surface area contributed by atoms with Crippen molar-refractivity contribution in [2.75, 3.05) is 14.1 Å². The van der Waals surface area contributed by atoms with Crippen molar-refractivity contribution in [2.45, 2.75) is 13.0 Å². The molecule has 0 saturated heterocycles. The average Bonchev–Trinajstić information content (AvgIpc) is 2.17. The van der Waals surface area contributed by atoms with Gasteiger partial charge in [0.2, 0.25) is 0 Å². The normalized spacial score (nSPS) is 12.9. The Bertz CT molecular complexity index is 334. The number of carbonyl (C=O) groups excluding carboxylic acids is 1. The monoisotopic (exact) mass is 193 g/mol. The fourth-order valence-electron chi connectivity index (χ4n) is 1.23. The third kappa shape index (κ3) is 2.12. The summed E-state index contributed by atoms with van der Waals surface area (Å²) < 4.78 is 0. The molecule has 0 bridgehead atoms. The quantitative estimate of drug-likeness (QED) is 0.744. The molecule has 0 spiro atoms. The van der Waals surface area contributed by atoms with Gasteiger partial charge in [-0.15, -0.1) is 0 Å². The van der Waals surface area contributed by atoms with Gasteiger partial charge in [0.15, 0.2) is 6.29 Å². The molecule has 1 rings (SSSR count). The van der Waals surface area contributed by atoms with E-state index in [0.29, 0.717) is 11.8 Å². The van der Waals surface area contributed by atoms with E-state index in [0.717, 1.165) is 5.56 Å². The number of nitrogens with zero attached hydrogens (tertiary/aromatic N) is 1. The summed E-state index contributed by atoms with van der Waals surface area (Å²) in [5.74, 6) is 0.0368. The Balaban J connectivity index is 3.06. The van der Waals surface area contributed by atoms with E-state index < -0.39 is 0 Å². The van der Waals surface area contributed by atoms with Crippen LogP contribution in [0.4, 0.5) is 0 Å². The summed E-state index contributed by atoms with van der Waals surface area (Å²) >= 11 is 0. The summed E-state index contributed by atoms with van der Waals surface area (Å²) in [5, 5.41) is 9.31. The maximum atomic E-state index is 10.6. The molecule has 1 atom stereocenters. The first-order valence-electron chi connectivity index (χ1n) is 4.50. The Labute approximate surface area is 84.0 Å². The zero-order valence-corrected chi connectivity index (χ0v) is 8.69. The van der Waals surface area contributed by atoms with Crippen LogP contribution in [0.5, 0.6) is 5.75 Å². The van der Waals surface area contributed by atoms with E-state index in [1.54, 1.807) is 12.1 Å². The first-order chi connectivity index (χ1) is 6.56. The lowest BCUT2D eigenvalue weighted by atomic mass is 10.0. The van der Waals surface area contributed by atoms with Gasteiger partial charge in [0.25, 0.3) is 0 Å². The molecule has 0 aliphatic heterocycles. The summed E-state index contributed by atoms with van der Waals surface area (Å²) in [4.78, 5) is 12.6. The second kappa shape index (κ2) is 4.24. The van der Waals surface area contributed by atoms with Crippen LogP contribution >= 0.6 is 0 Å². The van der Waals surface area contributed by atoms with Gasteiger partial charge in [0.05, 0.1) is 5.56 Å². The van der Waals surface area contributed by atoms with Crippen LogP contribution in [0.1, 0.15) is 28.9 Å². The van der Waals surface area contributed by atoms with Crippen molar-refractivity contribution in [3.8, 4) is 5.75 Å². The number of aromatic hydroxyl groups is 1. The van der Waals surface area contributed by atoms with Crippen LogP contribution < -0.4 is 0 Å². The predicted molar refractivity (Wildman–Crippen MR) is 55.6 cm³/mol. The molecule has 3 heteroatoms. The minimum absolute atomic E-state index is 0.0368. The van der Waals surface area contributed by atoms with Crippen molar-refractivity contribution >= 4 is 6.29 Å². The largest absolute Gasteiger partial charge is 0.507 e. The zero-order chi connectivity index (χ0) is 10.7. The van der Waals surface area contributed by atoms with E-state index in [1.165, 1.54) is 0 Å².